The molecule has 1 aromatic heterocycles. The Bertz CT molecular complexity index is 857. The summed E-state index contributed by atoms with van der Waals surface area (Å²) in [5.41, 5.74) is 2.28. The molecule has 1 aromatic carbocycles. The number of carbonyl (C=O) groups excluding carboxylic acids is 1. The molecule has 4 heterocycles. The summed E-state index contributed by atoms with van der Waals surface area (Å²) >= 11 is 0. The molecule has 150 valence electrons. The largest absolute Gasteiger partial charge is 0.381 e. The molecule has 0 aliphatic carbocycles. The fourth-order valence-corrected chi connectivity index (χ4v) is 5.30. The summed E-state index contributed by atoms with van der Waals surface area (Å²) in [7, 11) is 0. The smallest absolute Gasteiger partial charge is 0.225 e. The number of hydrogen-bond acceptors (Lipinski definition) is 4. The van der Waals surface area contributed by atoms with Gasteiger partial charge in [-0.15, -0.1) is 0 Å². The Balaban J connectivity index is 1.31. The first kappa shape index (κ1) is 18.0. The van der Waals surface area contributed by atoms with Crippen LogP contribution in [0.4, 0.5) is 5.95 Å². The van der Waals surface area contributed by atoms with Gasteiger partial charge in [-0.1, -0.05) is 12.1 Å². The molecule has 2 unspecified atom stereocenters. The number of carbonyl (C=O) groups is 1. The van der Waals surface area contributed by atoms with Crippen molar-refractivity contribution in [1.29, 1.82) is 0 Å². The zero-order valence-corrected chi connectivity index (χ0v) is 16.9. The first-order valence-electron chi connectivity index (χ1n) is 10.7. The van der Waals surface area contributed by atoms with Crippen LogP contribution in [0.25, 0.3) is 11.0 Å². The van der Waals surface area contributed by atoms with E-state index in [1.165, 1.54) is 5.52 Å². The van der Waals surface area contributed by atoms with Crippen LogP contribution in [0.3, 0.4) is 0 Å². The minimum Gasteiger partial charge on any atom is -0.381 e. The van der Waals surface area contributed by atoms with E-state index >= 15 is 0 Å². The van der Waals surface area contributed by atoms with Gasteiger partial charge in [0.05, 0.1) is 11.0 Å². The molecule has 6 heteroatoms. The third kappa shape index (κ3) is 2.98. The van der Waals surface area contributed by atoms with Crippen LogP contribution in [0.5, 0.6) is 0 Å². The van der Waals surface area contributed by atoms with Crippen molar-refractivity contribution < 1.29 is 9.53 Å². The molecule has 3 saturated heterocycles. The van der Waals surface area contributed by atoms with Crippen LogP contribution < -0.4 is 4.90 Å². The van der Waals surface area contributed by atoms with Gasteiger partial charge in [-0.05, 0) is 38.8 Å². The molecule has 0 saturated carbocycles. The second-order valence-corrected chi connectivity index (χ2v) is 8.92. The number of amides is 1. The highest BCUT2D eigenvalue weighted by Crippen LogP contribution is 2.37. The lowest BCUT2D eigenvalue weighted by Gasteiger charge is -2.28. The summed E-state index contributed by atoms with van der Waals surface area (Å²) in [6.07, 6.45) is 1.77. The summed E-state index contributed by atoms with van der Waals surface area (Å²) in [5, 5.41) is 0. The fraction of sp³-hybridized carbons (Fsp3) is 0.636. The third-order valence-electron chi connectivity index (χ3n) is 6.74. The topological polar surface area (TPSA) is 50.6 Å². The molecule has 0 radical (unpaired) electrons. The van der Waals surface area contributed by atoms with Crippen molar-refractivity contribution in [3.05, 3.63) is 24.3 Å². The quantitative estimate of drug-likeness (QED) is 0.819. The molecule has 0 bridgehead atoms. The lowest BCUT2D eigenvalue weighted by molar-refractivity contribution is -0.137. The number of hydrogen-bond donors (Lipinski definition) is 0. The summed E-state index contributed by atoms with van der Waals surface area (Å²) in [5.74, 6) is 2.74. The molecular weight excluding hydrogens is 352 g/mol. The molecule has 2 atom stereocenters. The van der Waals surface area contributed by atoms with Gasteiger partial charge in [0, 0.05) is 63.2 Å². The minimum absolute atomic E-state index is 0.175. The van der Waals surface area contributed by atoms with Crippen LogP contribution in [0, 0.1) is 17.8 Å². The van der Waals surface area contributed by atoms with Crippen LogP contribution in [0.1, 0.15) is 32.7 Å². The van der Waals surface area contributed by atoms with E-state index < -0.39 is 0 Å². The van der Waals surface area contributed by atoms with Gasteiger partial charge in [0.25, 0.3) is 0 Å². The van der Waals surface area contributed by atoms with Crippen LogP contribution in [-0.2, 0) is 9.53 Å². The molecule has 3 aliphatic heterocycles. The first-order valence-corrected chi connectivity index (χ1v) is 10.7. The highest BCUT2D eigenvalue weighted by Gasteiger charge is 2.44. The predicted molar refractivity (Wildman–Crippen MR) is 109 cm³/mol. The molecular formula is C22H30N4O2. The zero-order valence-electron chi connectivity index (χ0n) is 16.9. The van der Waals surface area contributed by atoms with E-state index in [1.807, 2.05) is 0 Å². The minimum atomic E-state index is 0.175. The molecule has 3 aliphatic rings. The number of benzene rings is 1. The Morgan fingerprint density at radius 3 is 2.43 bits per heavy atom. The van der Waals surface area contributed by atoms with Crippen molar-refractivity contribution in [3.8, 4) is 0 Å². The Hall–Kier alpha value is -2.08. The number of fused-ring (bicyclic) bond motifs is 2. The van der Waals surface area contributed by atoms with E-state index in [0.29, 0.717) is 23.8 Å². The van der Waals surface area contributed by atoms with E-state index in [4.69, 9.17) is 9.72 Å². The third-order valence-corrected chi connectivity index (χ3v) is 6.74. The maximum Gasteiger partial charge on any atom is 0.225 e. The van der Waals surface area contributed by atoms with Crippen molar-refractivity contribution in [2.45, 2.75) is 32.7 Å². The second kappa shape index (κ2) is 7.07. The van der Waals surface area contributed by atoms with Crippen molar-refractivity contribution >= 4 is 22.9 Å². The Kier molecular flexibility index (Phi) is 4.54. The monoisotopic (exact) mass is 382 g/mol. The van der Waals surface area contributed by atoms with Gasteiger partial charge in [-0.2, -0.15) is 0 Å². The summed E-state index contributed by atoms with van der Waals surface area (Å²) in [6.45, 7) is 9.72. The Labute approximate surface area is 166 Å². The molecule has 6 nitrogen and oxygen atoms in total. The molecule has 28 heavy (non-hydrogen) atoms. The molecule has 3 fully saturated rings. The molecule has 0 N–H and O–H groups in total. The Morgan fingerprint density at radius 2 is 1.75 bits per heavy atom. The van der Waals surface area contributed by atoms with Crippen LogP contribution in [0.15, 0.2) is 24.3 Å². The lowest BCUT2D eigenvalue weighted by atomic mass is 9.99. The SMILES string of the molecule is CC(C)n1c(N2CC3CN(C(=O)C4CCOCC4)CC3C2)nc2ccccc21. The van der Waals surface area contributed by atoms with Crippen molar-refractivity contribution in [3.63, 3.8) is 0 Å². The standard InChI is InChI=1S/C22H30N4O2/c1-15(2)26-20-6-4-3-5-19(20)23-22(26)25-13-17-11-24(12-18(17)14-25)21(27)16-7-9-28-10-8-16/h3-6,15-18H,7-14H2,1-2H3. The second-order valence-electron chi connectivity index (χ2n) is 8.92. The summed E-state index contributed by atoms with van der Waals surface area (Å²) in [4.78, 5) is 22.4. The Morgan fingerprint density at radius 1 is 1.07 bits per heavy atom. The zero-order chi connectivity index (χ0) is 19.3. The van der Waals surface area contributed by atoms with Gasteiger partial charge in [-0.3, -0.25) is 4.79 Å². The number of imidazole rings is 1. The molecule has 1 amide bonds. The van der Waals surface area contributed by atoms with E-state index in [9.17, 15) is 4.79 Å². The number of rotatable bonds is 3. The number of anilines is 1. The van der Waals surface area contributed by atoms with E-state index in [2.05, 4.69) is 52.5 Å². The number of likely N-dealkylation sites (tertiary alicyclic amines) is 1. The number of aromatic nitrogens is 2. The van der Waals surface area contributed by atoms with Gasteiger partial charge < -0.3 is 19.1 Å². The number of nitrogens with zero attached hydrogens (tertiary/aromatic N) is 4. The summed E-state index contributed by atoms with van der Waals surface area (Å²) in [6, 6.07) is 8.78. The van der Waals surface area contributed by atoms with Gasteiger partial charge in [-0.25, -0.2) is 4.98 Å². The van der Waals surface area contributed by atoms with Gasteiger partial charge >= 0.3 is 0 Å². The van der Waals surface area contributed by atoms with Crippen LogP contribution >= 0.6 is 0 Å². The highest BCUT2D eigenvalue weighted by molar-refractivity contribution is 5.80. The van der Waals surface area contributed by atoms with Crippen LogP contribution in [-0.4, -0.2) is 59.8 Å². The maximum atomic E-state index is 12.9. The predicted octanol–water partition coefficient (Wildman–Crippen LogP) is 2.94. The number of para-hydroxylation sites is 2. The van der Waals surface area contributed by atoms with Crippen molar-refractivity contribution in [2.75, 3.05) is 44.3 Å². The summed E-state index contributed by atoms with van der Waals surface area (Å²) < 4.78 is 7.78. The van der Waals surface area contributed by atoms with E-state index in [-0.39, 0.29) is 5.92 Å². The van der Waals surface area contributed by atoms with Crippen molar-refractivity contribution in [1.82, 2.24) is 14.5 Å². The fourth-order valence-electron chi connectivity index (χ4n) is 5.30. The van der Waals surface area contributed by atoms with Gasteiger partial charge in [0.2, 0.25) is 11.9 Å². The molecule has 2 aromatic rings. The average molecular weight is 383 g/mol. The number of ether oxygens (including phenoxy) is 1. The molecule has 5 rings (SSSR count). The van der Waals surface area contributed by atoms with E-state index in [1.54, 1.807) is 0 Å². The van der Waals surface area contributed by atoms with Gasteiger partial charge in [0.15, 0.2) is 0 Å². The van der Waals surface area contributed by atoms with Crippen LogP contribution in [0.2, 0.25) is 0 Å². The maximum absolute atomic E-state index is 12.9. The molecule has 0 spiro atoms. The van der Waals surface area contributed by atoms with Gasteiger partial charge in [0.1, 0.15) is 0 Å². The lowest BCUT2D eigenvalue weighted by Crippen LogP contribution is -2.39. The first-order chi connectivity index (χ1) is 13.6. The van der Waals surface area contributed by atoms with E-state index in [0.717, 1.165) is 63.7 Å². The normalized spacial score (nSPS) is 25.8. The van der Waals surface area contributed by atoms with Crippen molar-refractivity contribution in [2.24, 2.45) is 17.8 Å². The average Bonchev–Trinajstić information content (AvgIpc) is 3.38. The highest BCUT2D eigenvalue weighted by atomic mass is 16.5.